The Balaban J connectivity index is 3.87. The average Bonchev–Trinajstić information content (AvgIpc) is 2.17. The molecule has 0 fully saturated rings. The fourth-order valence-corrected chi connectivity index (χ4v) is 1.37. The van der Waals surface area contributed by atoms with Gasteiger partial charge >= 0.3 is 5.97 Å². The van der Waals surface area contributed by atoms with Crippen LogP contribution in [0.3, 0.4) is 0 Å². The number of carboxylic acids is 1. The summed E-state index contributed by atoms with van der Waals surface area (Å²) in [5.41, 5.74) is 0.715. The summed E-state index contributed by atoms with van der Waals surface area (Å²) >= 11 is 0. The Labute approximate surface area is 96.7 Å². The summed E-state index contributed by atoms with van der Waals surface area (Å²) in [7, 11) is 0. The van der Waals surface area contributed by atoms with Crippen LogP contribution in [0.4, 0.5) is 0 Å². The van der Waals surface area contributed by atoms with Gasteiger partial charge in [-0.2, -0.15) is 0 Å². The van der Waals surface area contributed by atoms with Crippen LogP contribution in [0.1, 0.15) is 46.5 Å². The van der Waals surface area contributed by atoms with E-state index < -0.39 is 5.97 Å². The van der Waals surface area contributed by atoms with E-state index >= 15 is 0 Å². The largest absolute Gasteiger partial charge is 0.481 e. The van der Waals surface area contributed by atoms with Crippen molar-refractivity contribution in [2.75, 3.05) is 0 Å². The van der Waals surface area contributed by atoms with E-state index in [0.29, 0.717) is 18.4 Å². The molecule has 0 heterocycles. The summed E-state index contributed by atoms with van der Waals surface area (Å²) in [4.78, 5) is 21.8. The Hall–Kier alpha value is -1.32. The summed E-state index contributed by atoms with van der Waals surface area (Å²) in [6, 6.07) is 0.0204. The van der Waals surface area contributed by atoms with Gasteiger partial charge in [0.15, 0.2) is 0 Å². The van der Waals surface area contributed by atoms with Gasteiger partial charge < -0.3 is 10.4 Å². The molecule has 0 aliphatic rings. The number of allylic oxidation sites excluding steroid dienone is 1. The van der Waals surface area contributed by atoms with Crippen molar-refractivity contribution in [1.82, 2.24) is 5.32 Å². The van der Waals surface area contributed by atoms with Gasteiger partial charge in [0.2, 0.25) is 5.91 Å². The molecule has 0 aromatic heterocycles. The first-order chi connectivity index (χ1) is 7.47. The van der Waals surface area contributed by atoms with Crippen molar-refractivity contribution in [3.63, 3.8) is 0 Å². The van der Waals surface area contributed by atoms with Crippen LogP contribution in [-0.4, -0.2) is 23.0 Å². The van der Waals surface area contributed by atoms with Gasteiger partial charge in [0, 0.05) is 18.0 Å². The van der Waals surface area contributed by atoms with Crippen LogP contribution in [0, 0.1) is 0 Å². The summed E-state index contributed by atoms with van der Waals surface area (Å²) < 4.78 is 0. The Bertz CT molecular complexity index is 271. The van der Waals surface area contributed by atoms with Crippen molar-refractivity contribution in [2.45, 2.75) is 52.5 Å². The molecule has 0 radical (unpaired) electrons. The predicted octanol–water partition coefficient (Wildman–Crippen LogP) is 2.10. The Morgan fingerprint density at radius 1 is 1.44 bits per heavy atom. The molecule has 0 saturated heterocycles. The van der Waals surface area contributed by atoms with E-state index in [-0.39, 0.29) is 18.4 Å². The number of aliphatic carboxylic acids is 1. The molecule has 0 aromatic rings. The van der Waals surface area contributed by atoms with Gasteiger partial charge in [-0.1, -0.05) is 13.0 Å². The van der Waals surface area contributed by atoms with E-state index in [0.717, 1.165) is 6.42 Å². The second kappa shape index (κ2) is 7.91. The van der Waals surface area contributed by atoms with E-state index in [4.69, 9.17) is 5.11 Å². The normalized spacial score (nSPS) is 13.3. The number of hydrogen-bond acceptors (Lipinski definition) is 2. The smallest absolute Gasteiger partial charge is 0.303 e. The van der Waals surface area contributed by atoms with Gasteiger partial charge in [0.25, 0.3) is 0 Å². The van der Waals surface area contributed by atoms with E-state index in [9.17, 15) is 9.59 Å². The highest BCUT2D eigenvalue weighted by Gasteiger charge is 2.09. The van der Waals surface area contributed by atoms with Gasteiger partial charge in [0.05, 0.1) is 0 Å². The number of carbonyl (C=O) groups excluding carboxylic acids is 1. The standard InChI is InChI=1S/C12H21NO3/c1-4-6-9(2)12(16)13-10(3)7-5-8-11(14)15/h6,10H,4-5,7-8H2,1-3H3,(H,13,16)(H,14,15)/b9-6-. The van der Waals surface area contributed by atoms with Gasteiger partial charge in [0.1, 0.15) is 0 Å². The molecule has 1 unspecified atom stereocenters. The molecule has 1 atom stereocenters. The van der Waals surface area contributed by atoms with Crippen LogP contribution in [-0.2, 0) is 9.59 Å². The number of hydrogen-bond donors (Lipinski definition) is 2. The molecule has 0 spiro atoms. The fraction of sp³-hybridized carbons (Fsp3) is 0.667. The molecule has 92 valence electrons. The van der Waals surface area contributed by atoms with Gasteiger partial charge in [-0.25, -0.2) is 0 Å². The summed E-state index contributed by atoms with van der Waals surface area (Å²) in [5, 5.41) is 11.3. The van der Waals surface area contributed by atoms with Crippen LogP contribution in [0.2, 0.25) is 0 Å². The lowest BCUT2D eigenvalue weighted by atomic mass is 10.1. The lowest BCUT2D eigenvalue weighted by Gasteiger charge is -2.13. The molecule has 0 saturated carbocycles. The van der Waals surface area contributed by atoms with Crippen LogP contribution >= 0.6 is 0 Å². The monoisotopic (exact) mass is 227 g/mol. The number of rotatable bonds is 7. The third-order valence-electron chi connectivity index (χ3n) is 2.27. The number of carboxylic acid groups (broad SMARTS) is 1. The van der Waals surface area contributed by atoms with Gasteiger partial charge in [-0.15, -0.1) is 0 Å². The van der Waals surface area contributed by atoms with Crippen LogP contribution < -0.4 is 5.32 Å². The highest BCUT2D eigenvalue weighted by Crippen LogP contribution is 2.02. The maximum Gasteiger partial charge on any atom is 0.303 e. The molecule has 0 bridgehead atoms. The first-order valence-electron chi connectivity index (χ1n) is 5.66. The Kier molecular flexibility index (Phi) is 7.25. The molecule has 0 rings (SSSR count). The Morgan fingerprint density at radius 3 is 2.56 bits per heavy atom. The van der Waals surface area contributed by atoms with Crippen LogP contribution in [0.25, 0.3) is 0 Å². The molecule has 2 N–H and O–H groups in total. The zero-order valence-corrected chi connectivity index (χ0v) is 10.2. The van der Waals surface area contributed by atoms with E-state index in [1.54, 1.807) is 6.92 Å². The minimum atomic E-state index is -0.791. The van der Waals surface area contributed by atoms with E-state index in [2.05, 4.69) is 5.32 Å². The highest BCUT2D eigenvalue weighted by atomic mass is 16.4. The summed E-state index contributed by atoms with van der Waals surface area (Å²) in [5.74, 6) is -0.856. The van der Waals surface area contributed by atoms with Crippen LogP contribution in [0.15, 0.2) is 11.6 Å². The summed E-state index contributed by atoms with van der Waals surface area (Å²) in [6.45, 7) is 5.65. The zero-order chi connectivity index (χ0) is 12.6. The lowest BCUT2D eigenvalue weighted by Crippen LogP contribution is -2.33. The molecule has 16 heavy (non-hydrogen) atoms. The second-order valence-corrected chi connectivity index (χ2v) is 3.96. The number of nitrogens with one attached hydrogen (secondary N) is 1. The molecule has 0 aliphatic heterocycles. The van der Waals surface area contributed by atoms with Crippen LogP contribution in [0.5, 0.6) is 0 Å². The minimum absolute atomic E-state index is 0.0204. The highest BCUT2D eigenvalue weighted by molar-refractivity contribution is 5.92. The molecule has 0 aliphatic carbocycles. The quantitative estimate of drug-likeness (QED) is 0.654. The molecule has 1 amide bonds. The third-order valence-corrected chi connectivity index (χ3v) is 2.27. The van der Waals surface area contributed by atoms with Crippen molar-refractivity contribution < 1.29 is 14.7 Å². The minimum Gasteiger partial charge on any atom is -0.481 e. The Morgan fingerprint density at radius 2 is 2.06 bits per heavy atom. The average molecular weight is 227 g/mol. The zero-order valence-electron chi connectivity index (χ0n) is 10.2. The van der Waals surface area contributed by atoms with Crippen molar-refractivity contribution in [3.8, 4) is 0 Å². The molecule has 4 nitrogen and oxygen atoms in total. The number of amides is 1. The maximum absolute atomic E-state index is 11.5. The first kappa shape index (κ1) is 14.7. The van der Waals surface area contributed by atoms with E-state index in [1.165, 1.54) is 0 Å². The van der Waals surface area contributed by atoms with Crippen molar-refractivity contribution in [3.05, 3.63) is 11.6 Å². The topological polar surface area (TPSA) is 66.4 Å². The van der Waals surface area contributed by atoms with Gasteiger partial charge in [-0.3, -0.25) is 9.59 Å². The second-order valence-electron chi connectivity index (χ2n) is 3.96. The van der Waals surface area contributed by atoms with E-state index in [1.807, 2.05) is 19.9 Å². The van der Waals surface area contributed by atoms with Crippen molar-refractivity contribution in [1.29, 1.82) is 0 Å². The predicted molar refractivity (Wildman–Crippen MR) is 63.1 cm³/mol. The molecular weight excluding hydrogens is 206 g/mol. The molecule has 4 heteroatoms. The molecular formula is C12H21NO3. The first-order valence-corrected chi connectivity index (χ1v) is 5.66. The van der Waals surface area contributed by atoms with Crippen molar-refractivity contribution >= 4 is 11.9 Å². The van der Waals surface area contributed by atoms with Crippen molar-refractivity contribution in [2.24, 2.45) is 0 Å². The third kappa shape index (κ3) is 7.04. The molecule has 0 aromatic carbocycles. The fourth-order valence-electron chi connectivity index (χ4n) is 1.37. The summed E-state index contributed by atoms with van der Waals surface area (Å²) in [6.07, 6.45) is 4.15. The van der Waals surface area contributed by atoms with Gasteiger partial charge in [-0.05, 0) is 33.1 Å². The number of carbonyl (C=O) groups is 2. The SMILES string of the molecule is CC/C=C(/C)C(=O)NC(C)CCCC(=O)O. The maximum atomic E-state index is 11.5. The lowest BCUT2D eigenvalue weighted by molar-refractivity contribution is -0.137.